The van der Waals surface area contributed by atoms with Crippen LogP contribution in [0, 0.1) is 5.92 Å². The van der Waals surface area contributed by atoms with Crippen LogP contribution >= 0.6 is 0 Å². The maximum Gasteiger partial charge on any atom is 0.237 e. The smallest absolute Gasteiger partial charge is 0.237 e. The third-order valence-corrected chi connectivity index (χ3v) is 3.96. The SMILES string of the molecule is CC(C)C1CCCN1C(C)CC(C)(N)C(N)=O. The van der Waals surface area contributed by atoms with Crippen molar-refractivity contribution in [3.63, 3.8) is 0 Å². The molecule has 0 spiro atoms. The minimum Gasteiger partial charge on any atom is -0.368 e. The third kappa shape index (κ3) is 3.42. The summed E-state index contributed by atoms with van der Waals surface area (Å²) in [5.41, 5.74) is 10.4. The number of primary amides is 1. The molecule has 3 unspecified atom stereocenters. The molecule has 4 heteroatoms. The summed E-state index contributed by atoms with van der Waals surface area (Å²) in [7, 11) is 0. The Morgan fingerprint density at radius 1 is 1.47 bits per heavy atom. The molecule has 0 aromatic rings. The number of likely N-dealkylation sites (tertiary alicyclic amines) is 1. The lowest BCUT2D eigenvalue weighted by Gasteiger charge is -2.36. The topological polar surface area (TPSA) is 72.3 Å². The molecule has 1 aliphatic heterocycles. The molecule has 0 aromatic heterocycles. The molecule has 1 amide bonds. The Hall–Kier alpha value is -0.610. The first-order valence-electron chi connectivity index (χ1n) is 6.60. The van der Waals surface area contributed by atoms with E-state index in [0.717, 1.165) is 6.54 Å². The molecular formula is C13H27N3O. The van der Waals surface area contributed by atoms with Crippen LogP contribution in [0.15, 0.2) is 0 Å². The molecule has 0 bridgehead atoms. The van der Waals surface area contributed by atoms with Gasteiger partial charge in [0.1, 0.15) is 0 Å². The fraction of sp³-hybridized carbons (Fsp3) is 0.923. The van der Waals surface area contributed by atoms with Gasteiger partial charge in [-0.05, 0) is 45.6 Å². The Morgan fingerprint density at radius 2 is 2.06 bits per heavy atom. The summed E-state index contributed by atoms with van der Waals surface area (Å²) in [5.74, 6) is 0.238. The van der Waals surface area contributed by atoms with Crippen molar-refractivity contribution in [2.45, 2.75) is 64.6 Å². The molecule has 17 heavy (non-hydrogen) atoms. The van der Waals surface area contributed by atoms with Gasteiger partial charge >= 0.3 is 0 Å². The van der Waals surface area contributed by atoms with Gasteiger partial charge < -0.3 is 11.5 Å². The number of hydrogen-bond donors (Lipinski definition) is 2. The fourth-order valence-electron chi connectivity index (χ4n) is 2.91. The second kappa shape index (κ2) is 5.36. The largest absolute Gasteiger partial charge is 0.368 e. The van der Waals surface area contributed by atoms with Gasteiger partial charge in [0.2, 0.25) is 5.91 Å². The van der Waals surface area contributed by atoms with Crippen molar-refractivity contribution in [3.05, 3.63) is 0 Å². The van der Waals surface area contributed by atoms with Crippen molar-refractivity contribution in [1.29, 1.82) is 0 Å². The van der Waals surface area contributed by atoms with E-state index < -0.39 is 11.4 Å². The van der Waals surface area contributed by atoms with Crippen molar-refractivity contribution in [3.8, 4) is 0 Å². The van der Waals surface area contributed by atoms with Gasteiger partial charge in [-0.3, -0.25) is 9.69 Å². The van der Waals surface area contributed by atoms with Crippen LogP contribution in [0.2, 0.25) is 0 Å². The molecule has 4 N–H and O–H groups in total. The normalized spacial score (nSPS) is 27.1. The van der Waals surface area contributed by atoms with Gasteiger partial charge in [0, 0.05) is 12.1 Å². The Kier molecular flexibility index (Phi) is 4.55. The molecule has 1 rings (SSSR count). The zero-order valence-electron chi connectivity index (χ0n) is 11.6. The van der Waals surface area contributed by atoms with Gasteiger partial charge in [-0.1, -0.05) is 13.8 Å². The van der Waals surface area contributed by atoms with Gasteiger partial charge in [-0.2, -0.15) is 0 Å². The average Bonchev–Trinajstić information content (AvgIpc) is 2.64. The van der Waals surface area contributed by atoms with E-state index in [2.05, 4.69) is 25.7 Å². The highest BCUT2D eigenvalue weighted by molar-refractivity contribution is 5.83. The zero-order chi connectivity index (χ0) is 13.2. The first kappa shape index (κ1) is 14.5. The number of nitrogens with two attached hydrogens (primary N) is 2. The molecule has 100 valence electrons. The molecule has 4 nitrogen and oxygen atoms in total. The van der Waals surface area contributed by atoms with Gasteiger partial charge in [-0.25, -0.2) is 0 Å². The monoisotopic (exact) mass is 241 g/mol. The number of carbonyl (C=O) groups excluding carboxylic acids is 1. The first-order valence-corrected chi connectivity index (χ1v) is 6.60. The van der Waals surface area contributed by atoms with Crippen LogP contribution in [0.25, 0.3) is 0 Å². The summed E-state index contributed by atoms with van der Waals surface area (Å²) in [6, 6.07) is 0.932. The van der Waals surface area contributed by atoms with Crippen molar-refractivity contribution < 1.29 is 4.79 Å². The number of rotatable bonds is 5. The minimum atomic E-state index is -0.899. The van der Waals surface area contributed by atoms with E-state index in [4.69, 9.17) is 11.5 Å². The molecule has 1 aliphatic rings. The number of hydrogen-bond acceptors (Lipinski definition) is 3. The van der Waals surface area contributed by atoms with E-state index in [1.165, 1.54) is 12.8 Å². The van der Waals surface area contributed by atoms with E-state index in [-0.39, 0.29) is 0 Å². The lowest BCUT2D eigenvalue weighted by molar-refractivity contribution is -0.123. The molecule has 0 radical (unpaired) electrons. The zero-order valence-corrected chi connectivity index (χ0v) is 11.6. The van der Waals surface area contributed by atoms with Crippen LogP contribution in [0.5, 0.6) is 0 Å². The molecule has 0 saturated carbocycles. The second-order valence-electron chi connectivity index (χ2n) is 6.03. The molecule has 0 aromatic carbocycles. The standard InChI is InChI=1S/C13H27N3O/c1-9(2)11-6-5-7-16(11)10(3)8-13(4,15)12(14)17/h9-11H,5-8,15H2,1-4H3,(H2,14,17). The summed E-state index contributed by atoms with van der Waals surface area (Å²) in [6.07, 6.45) is 3.12. The Labute approximate surface area is 105 Å². The van der Waals surface area contributed by atoms with E-state index in [9.17, 15) is 4.79 Å². The Morgan fingerprint density at radius 3 is 2.53 bits per heavy atom. The summed E-state index contributed by atoms with van der Waals surface area (Å²) in [4.78, 5) is 13.8. The van der Waals surface area contributed by atoms with Crippen molar-refractivity contribution in [2.75, 3.05) is 6.54 Å². The summed E-state index contributed by atoms with van der Waals surface area (Å²) < 4.78 is 0. The summed E-state index contributed by atoms with van der Waals surface area (Å²) in [6.45, 7) is 9.50. The minimum absolute atomic E-state index is 0.312. The fourth-order valence-corrected chi connectivity index (χ4v) is 2.91. The van der Waals surface area contributed by atoms with Gasteiger partial charge in [0.05, 0.1) is 5.54 Å². The van der Waals surface area contributed by atoms with Crippen LogP contribution in [0.4, 0.5) is 0 Å². The quantitative estimate of drug-likeness (QED) is 0.756. The molecule has 1 saturated heterocycles. The summed E-state index contributed by atoms with van der Waals surface area (Å²) >= 11 is 0. The van der Waals surface area contributed by atoms with Gasteiger partial charge in [0.15, 0.2) is 0 Å². The maximum absolute atomic E-state index is 11.3. The van der Waals surface area contributed by atoms with Gasteiger partial charge in [-0.15, -0.1) is 0 Å². The molecular weight excluding hydrogens is 214 g/mol. The molecule has 0 aliphatic carbocycles. The van der Waals surface area contributed by atoms with Crippen LogP contribution in [0.1, 0.15) is 47.0 Å². The predicted octanol–water partition coefficient (Wildman–Crippen LogP) is 1.09. The van der Waals surface area contributed by atoms with E-state index >= 15 is 0 Å². The lowest BCUT2D eigenvalue weighted by Crippen LogP contribution is -2.54. The lowest BCUT2D eigenvalue weighted by atomic mass is 9.92. The molecule has 1 fully saturated rings. The van der Waals surface area contributed by atoms with Crippen LogP contribution in [-0.2, 0) is 4.79 Å². The number of nitrogens with zero attached hydrogens (tertiary/aromatic N) is 1. The first-order chi connectivity index (χ1) is 7.75. The number of carbonyl (C=O) groups is 1. The molecule has 1 heterocycles. The molecule has 3 atom stereocenters. The van der Waals surface area contributed by atoms with E-state index in [1.54, 1.807) is 6.92 Å². The predicted molar refractivity (Wildman–Crippen MR) is 70.4 cm³/mol. The highest BCUT2D eigenvalue weighted by Crippen LogP contribution is 2.28. The van der Waals surface area contributed by atoms with Crippen LogP contribution in [-0.4, -0.2) is 35.0 Å². The van der Waals surface area contributed by atoms with Crippen molar-refractivity contribution in [1.82, 2.24) is 4.90 Å². The van der Waals surface area contributed by atoms with Crippen molar-refractivity contribution in [2.24, 2.45) is 17.4 Å². The van der Waals surface area contributed by atoms with Gasteiger partial charge in [0.25, 0.3) is 0 Å². The summed E-state index contributed by atoms with van der Waals surface area (Å²) in [5, 5.41) is 0. The van der Waals surface area contributed by atoms with E-state index in [0.29, 0.717) is 24.4 Å². The maximum atomic E-state index is 11.3. The Balaban J connectivity index is 2.64. The third-order valence-electron chi connectivity index (χ3n) is 3.96. The van der Waals surface area contributed by atoms with Crippen molar-refractivity contribution >= 4 is 5.91 Å². The number of amides is 1. The second-order valence-corrected chi connectivity index (χ2v) is 6.03. The van der Waals surface area contributed by atoms with E-state index in [1.807, 2.05) is 0 Å². The highest BCUT2D eigenvalue weighted by Gasteiger charge is 2.35. The highest BCUT2D eigenvalue weighted by atomic mass is 16.1. The van der Waals surface area contributed by atoms with Crippen LogP contribution < -0.4 is 11.5 Å². The Bertz CT molecular complexity index is 276. The van der Waals surface area contributed by atoms with Crippen LogP contribution in [0.3, 0.4) is 0 Å². The average molecular weight is 241 g/mol.